The Kier molecular flexibility index (Phi) is 8.07. The lowest BCUT2D eigenvalue weighted by Gasteiger charge is -2.42. The van der Waals surface area contributed by atoms with Crippen molar-refractivity contribution in [1.82, 2.24) is 9.47 Å². The molecule has 1 saturated heterocycles. The van der Waals surface area contributed by atoms with Crippen LogP contribution in [0.25, 0.3) is 0 Å². The molecule has 218 valence electrons. The number of pyridine rings is 1. The first-order chi connectivity index (χ1) is 19.8. The molecule has 41 heavy (non-hydrogen) atoms. The summed E-state index contributed by atoms with van der Waals surface area (Å²) < 4.78 is 29.4. The van der Waals surface area contributed by atoms with Crippen molar-refractivity contribution in [3.8, 4) is 23.0 Å². The molecule has 11 heteroatoms. The Labute approximate surface area is 236 Å². The summed E-state index contributed by atoms with van der Waals surface area (Å²) in [6.07, 6.45) is 0.779. The lowest BCUT2D eigenvalue weighted by atomic mass is 9.83. The van der Waals surface area contributed by atoms with Gasteiger partial charge in [-0.3, -0.25) is 19.3 Å². The Morgan fingerprint density at radius 1 is 1.02 bits per heavy atom. The third kappa shape index (κ3) is 5.54. The predicted molar refractivity (Wildman–Crippen MR) is 148 cm³/mol. The maximum absolute atomic E-state index is 13.0. The van der Waals surface area contributed by atoms with Crippen LogP contribution in [-0.2, 0) is 22.6 Å². The summed E-state index contributed by atoms with van der Waals surface area (Å²) in [5, 5.41) is 10.9. The van der Waals surface area contributed by atoms with E-state index in [4.69, 9.17) is 23.4 Å². The number of carbonyl (C=O) groups excluding carboxylic acids is 1. The second-order valence-corrected chi connectivity index (χ2v) is 10.5. The molecule has 0 aliphatic carbocycles. The fourth-order valence-electron chi connectivity index (χ4n) is 6.13. The van der Waals surface area contributed by atoms with Crippen molar-refractivity contribution in [3.05, 3.63) is 79.8 Å². The van der Waals surface area contributed by atoms with Crippen LogP contribution in [0.3, 0.4) is 0 Å². The number of aromatic nitrogens is 1. The van der Waals surface area contributed by atoms with E-state index >= 15 is 0 Å². The number of likely N-dealkylation sites (tertiary alicyclic amines) is 1. The van der Waals surface area contributed by atoms with Gasteiger partial charge in [0.1, 0.15) is 5.76 Å². The highest BCUT2D eigenvalue weighted by atomic mass is 16.5. The van der Waals surface area contributed by atoms with Crippen LogP contribution < -0.4 is 25.2 Å². The molecule has 3 aromatic rings. The normalized spacial score (nSPS) is 18.7. The number of ether oxygens (including phenoxy) is 4. The Bertz CT molecular complexity index is 1540. The molecule has 11 nitrogen and oxygen atoms in total. The standard InChI is InChI=1S/C30H34N2O9/c1-37-24-9-18(10-25(38-2)30(24)40-4)21(12-27(35)39-3)29-28(36)23(33)11-20(41-29)16-31-13-17-8-19(15-31)22-6-5-7-26(34)32(22)14-17/h5-7,9-11,17,19,21,36H,8,12-16H2,1-4H3/t17-,19+,21-/m0/s1. The van der Waals surface area contributed by atoms with E-state index < -0.39 is 23.1 Å². The lowest BCUT2D eigenvalue weighted by molar-refractivity contribution is -0.140. The maximum atomic E-state index is 13.0. The summed E-state index contributed by atoms with van der Waals surface area (Å²) in [5.74, 6) is -0.214. The summed E-state index contributed by atoms with van der Waals surface area (Å²) >= 11 is 0. The number of nitrogens with zero attached hydrogens (tertiary/aromatic N) is 2. The van der Waals surface area contributed by atoms with Crippen LogP contribution in [0.1, 0.15) is 47.5 Å². The summed E-state index contributed by atoms with van der Waals surface area (Å²) in [5.41, 5.74) is 0.919. The number of fused-ring (bicyclic) bond motifs is 4. The van der Waals surface area contributed by atoms with Gasteiger partial charge in [-0.25, -0.2) is 0 Å². The second-order valence-electron chi connectivity index (χ2n) is 10.5. The fourth-order valence-corrected chi connectivity index (χ4v) is 6.13. The molecule has 0 saturated carbocycles. The van der Waals surface area contributed by atoms with Crippen LogP contribution in [0.4, 0.5) is 0 Å². The average Bonchev–Trinajstić information content (AvgIpc) is 2.97. The number of aromatic hydroxyl groups is 1. The third-order valence-corrected chi connectivity index (χ3v) is 7.94. The zero-order chi connectivity index (χ0) is 29.3. The predicted octanol–water partition coefficient (Wildman–Crippen LogP) is 2.85. The van der Waals surface area contributed by atoms with Crippen LogP contribution in [0, 0.1) is 5.92 Å². The molecule has 2 aliphatic rings. The summed E-state index contributed by atoms with van der Waals surface area (Å²) in [6, 6.07) is 9.96. The average molecular weight is 567 g/mol. The van der Waals surface area contributed by atoms with E-state index in [1.165, 1.54) is 34.5 Å². The van der Waals surface area contributed by atoms with Gasteiger partial charge in [0.05, 0.1) is 47.3 Å². The number of rotatable bonds is 9. The summed E-state index contributed by atoms with van der Waals surface area (Å²) in [4.78, 5) is 40.1. The second kappa shape index (κ2) is 11.7. The number of piperidine rings is 1. The molecule has 3 atom stereocenters. The van der Waals surface area contributed by atoms with Crippen molar-refractivity contribution < 1.29 is 33.3 Å². The monoisotopic (exact) mass is 566 g/mol. The van der Waals surface area contributed by atoms with Crippen molar-refractivity contribution in [1.29, 1.82) is 0 Å². The first-order valence-corrected chi connectivity index (χ1v) is 13.4. The Hall–Kier alpha value is -4.25. The van der Waals surface area contributed by atoms with E-state index in [2.05, 4.69) is 4.90 Å². The Morgan fingerprint density at radius 2 is 1.76 bits per heavy atom. The van der Waals surface area contributed by atoms with Gasteiger partial charge in [-0.2, -0.15) is 0 Å². The van der Waals surface area contributed by atoms with Gasteiger partial charge >= 0.3 is 5.97 Å². The van der Waals surface area contributed by atoms with Gasteiger partial charge in [0.15, 0.2) is 17.3 Å². The number of methoxy groups -OCH3 is 4. The lowest BCUT2D eigenvalue weighted by Crippen LogP contribution is -2.46. The molecule has 0 radical (unpaired) electrons. The number of benzene rings is 1. The van der Waals surface area contributed by atoms with Crippen molar-refractivity contribution in [2.45, 2.75) is 37.8 Å². The van der Waals surface area contributed by atoms with E-state index in [-0.39, 0.29) is 29.6 Å². The quantitative estimate of drug-likeness (QED) is 0.386. The minimum absolute atomic E-state index is 0.0169. The van der Waals surface area contributed by atoms with E-state index in [9.17, 15) is 19.5 Å². The van der Waals surface area contributed by atoms with Crippen LogP contribution in [0.5, 0.6) is 23.0 Å². The molecule has 0 unspecified atom stereocenters. The van der Waals surface area contributed by atoms with Gasteiger partial charge in [0.2, 0.25) is 16.9 Å². The van der Waals surface area contributed by atoms with Gasteiger partial charge < -0.3 is 33.0 Å². The Morgan fingerprint density at radius 3 is 2.41 bits per heavy atom. The molecule has 0 amide bonds. The fraction of sp³-hybridized carbons (Fsp3) is 0.433. The number of carbonyl (C=O) groups is 1. The van der Waals surface area contributed by atoms with Gasteiger partial charge in [-0.15, -0.1) is 0 Å². The van der Waals surface area contributed by atoms with Crippen LogP contribution in [-0.4, -0.2) is 62.1 Å². The molecule has 4 heterocycles. The zero-order valence-corrected chi connectivity index (χ0v) is 23.5. The molecule has 5 rings (SSSR count). The van der Waals surface area contributed by atoms with Crippen molar-refractivity contribution in [3.63, 3.8) is 0 Å². The minimum atomic E-state index is -0.886. The van der Waals surface area contributed by atoms with E-state index in [1.807, 2.05) is 10.6 Å². The van der Waals surface area contributed by atoms with Gasteiger partial charge in [0, 0.05) is 43.4 Å². The van der Waals surface area contributed by atoms with E-state index in [1.54, 1.807) is 24.3 Å². The van der Waals surface area contributed by atoms with Crippen molar-refractivity contribution in [2.75, 3.05) is 41.5 Å². The van der Waals surface area contributed by atoms with Gasteiger partial charge in [-0.05, 0) is 36.1 Å². The van der Waals surface area contributed by atoms with E-state index in [0.717, 1.165) is 18.7 Å². The molecule has 1 fully saturated rings. The van der Waals surface area contributed by atoms with Crippen molar-refractivity contribution >= 4 is 5.97 Å². The highest BCUT2D eigenvalue weighted by Gasteiger charge is 2.35. The topological polar surface area (TPSA) is 130 Å². The molecule has 2 aromatic heterocycles. The molecule has 1 N–H and O–H groups in total. The Balaban J connectivity index is 1.50. The van der Waals surface area contributed by atoms with Crippen molar-refractivity contribution in [2.24, 2.45) is 5.92 Å². The van der Waals surface area contributed by atoms with Crippen LogP contribution in [0.2, 0.25) is 0 Å². The van der Waals surface area contributed by atoms with Crippen LogP contribution in [0.15, 0.2) is 50.4 Å². The molecule has 0 spiro atoms. The highest BCUT2D eigenvalue weighted by molar-refractivity contribution is 5.71. The smallest absolute Gasteiger partial charge is 0.306 e. The molecule has 2 bridgehead atoms. The van der Waals surface area contributed by atoms with Crippen LogP contribution >= 0.6 is 0 Å². The highest BCUT2D eigenvalue weighted by Crippen LogP contribution is 2.43. The maximum Gasteiger partial charge on any atom is 0.306 e. The van der Waals surface area contributed by atoms with E-state index in [0.29, 0.717) is 48.2 Å². The first kappa shape index (κ1) is 28.3. The third-order valence-electron chi connectivity index (χ3n) is 7.94. The van der Waals surface area contributed by atoms with Gasteiger partial charge in [0.25, 0.3) is 5.56 Å². The largest absolute Gasteiger partial charge is 0.502 e. The molecular weight excluding hydrogens is 532 g/mol. The van der Waals surface area contributed by atoms with Gasteiger partial charge in [-0.1, -0.05) is 6.07 Å². The molecule has 2 aliphatic heterocycles. The minimum Gasteiger partial charge on any atom is -0.502 e. The number of hydrogen-bond donors (Lipinski definition) is 1. The summed E-state index contributed by atoms with van der Waals surface area (Å²) in [6.45, 7) is 2.40. The summed E-state index contributed by atoms with van der Waals surface area (Å²) in [7, 11) is 5.68. The molecular formula is C30H34N2O9. The number of hydrogen-bond acceptors (Lipinski definition) is 10. The zero-order valence-electron chi connectivity index (χ0n) is 23.5. The molecule has 1 aromatic carbocycles. The SMILES string of the molecule is COC(=O)C[C@@H](c1cc(OC)c(OC)c(OC)c1)c1oc(CN2C[C@@H]3C[C@H](C2)c2cccc(=O)n2C3)cc(=O)c1O. The number of esters is 1. The first-order valence-electron chi connectivity index (χ1n) is 13.4.